The molecule has 0 radical (unpaired) electrons. The topological polar surface area (TPSA) is 122 Å². The van der Waals surface area contributed by atoms with Crippen molar-refractivity contribution in [2.75, 3.05) is 17.7 Å². The molecule has 0 aliphatic rings. The fourth-order valence-corrected chi connectivity index (χ4v) is 3.08. The van der Waals surface area contributed by atoms with Gasteiger partial charge in [-0.3, -0.25) is 0 Å². The maximum Gasteiger partial charge on any atom is 0.222 e. The second kappa shape index (κ2) is 8.75. The zero-order valence-corrected chi connectivity index (χ0v) is 16.1. The summed E-state index contributed by atoms with van der Waals surface area (Å²) < 4.78 is 20.4. The van der Waals surface area contributed by atoms with Crippen molar-refractivity contribution in [3.63, 3.8) is 0 Å². The minimum Gasteiger partial charge on any atom is -0.453 e. The molecule has 0 amide bonds. The third-order valence-corrected chi connectivity index (χ3v) is 4.48. The number of aliphatic hydroxyl groups is 1. The van der Waals surface area contributed by atoms with Crippen LogP contribution in [0.25, 0.3) is 11.0 Å². The van der Waals surface area contributed by atoms with Crippen LogP contribution in [-0.4, -0.2) is 31.6 Å². The highest BCUT2D eigenvalue weighted by Crippen LogP contribution is 2.31. The summed E-state index contributed by atoms with van der Waals surface area (Å²) in [5.41, 5.74) is 7.71. The molecule has 3 aromatic heterocycles. The lowest BCUT2D eigenvalue weighted by Crippen LogP contribution is -2.04. The van der Waals surface area contributed by atoms with E-state index >= 15 is 0 Å². The van der Waals surface area contributed by atoms with Gasteiger partial charge >= 0.3 is 0 Å². The van der Waals surface area contributed by atoms with Crippen molar-refractivity contribution < 1.29 is 14.2 Å². The van der Waals surface area contributed by atoms with Crippen molar-refractivity contribution >= 4 is 28.5 Å². The Morgan fingerprint density at radius 1 is 1.10 bits per heavy atom. The number of ether oxygens (including phenoxy) is 1. The van der Waals surface area contributed by atoms with Crippen LogP contribution in [0.2, 0.25) is 0 Å². The molecule has 0 fully saturated rings. The molecule has 8 nitrogen and oxygen atoms in total. The zero-order valence-electron chi connectivity index (χ0n) is 16.1. The van der Waals surface area contributed by atoms with Crippen molar-refractivity contribution in [1.29, 1.82) is 0 Å². The molecule has 0 bridgehead atoms. The molecule has 9 heteroatoms. The van der Waals surface area contributed by atoms with E-state index < -0.39 is 5.82 Å². The maximum absolute atomic E-state index is 14.7. The minimum atomic E-state index is -0.523. The van der Waals surface area contributed by atoms with E-state index in [-0.39, 0.29) is 18.3 Å². The number of aryl methyl sites for hydroxylation is 1. The Morgan fingerprint density at radius 3 is 2.83 bits per heavy atom. The molecule has 1 aromatic carbocycles. The lowest BCUT2D eigenvalue weighted by Gasteiger charge is -2.11. The molecular weight excluding hydrogens is 387 g/mol. The summed E-state index contributed by atoms with van der Waals surface area (Å²) in [4.78, 5) is 15.5. The first-order valence-electron chi connectivity index (χ1n) is 9.53. The number of benzene rings is 1. The van der Waals surface area contributed by atoms with Crippen molar-refractivity contribution in [3.8, 4) is 11.5 Å². The molecular formula is C21H21FN6O2. The number of unbranched alkanes of at least 4 members (excludes halogenated alkanes) is 1. The number of nitrogens with one attached hydrogen (secondary N) is 2. The third kappa shape index (κ3) is 4.47. The molecule has 4 rings (SSSR count). The molecule has 0 aliphatic carbocycles. The number of rotatable bonds is 8. The quantitative estimate of drug-likeness (QED) is 0.326. The Kier molecular flexibility index (Phi) is 5.71. The number of pyridine rings is 1. The van der Waals surface area contributed by atoms with Crippen molar-refractivity contribution in [2.45, 2.75) is 19.3 Å². The monoisotopic (exact) mass is 408 g/mol. The molecule has 0 aliphatic heterocycles. The Morgan fingerprint density at radius 2 is 2.00 bits per heavy atom. The number of nitrogens with two attached hydrogens (primary N) is 1. The summed E-state index contributed by atoms with van der Waals surface area (Å²) in [5, 5.41) is 12.7. The predicted molar refractivity (Wildman–Crippen MR) is 112 cm³/mol. The van der Waals surface area contributed by atoms with Crippen LogP contribution < -0.4 is 15.8 Å². The van der Waals surface area contributed by atoms with Gasteiger partial charge in [0.05, 0.1) is 5.39 Å². The summed E-state index contributed by atoms with van der Waals surface area (Å²) in [6, 6.07) is 9.83. The number of hydrogen-bond acceptors (Lipinski definition) is 7. The molecule has 0 saturated heterocycles. The van der Waals surface area contributed by atoms with E-state index in [1.165, 1.54) is 6.07 Å². The van der Waals surface area contributed by atoms with Crippen LogP contribution in [0.1, 0.15) is 18.5 Å². The highest BCUT2D eigenvalue weighted by molar-refractivity contribution is 5.82. The van der Waals surface area contributed by atoms with Gasteiger partial charge < -0.3 is 25.9 Å². The van der Waals surface area contributed by atoms with Crippen LogP contribution in [0.5, 0.6) is 11.5 Å². The lowest BCUT2D eigenvalue weighted by atomic mass is 10.2. The summed E-state index contributed by atoms with van der Waals surface area (Å²) in [7, 11) is 0. The van der Waals surface area contributed by atoms with Crippen LogP contribution in [0, 0.1) is 5.82 Å². The average molecular weight is 408 g/mol. The number of H-pyrrole nitrogens is 1. The van der Waals surface area contributed by atoms with Crippen molar-refractivity contribution in [2.24, 2.45) is 0 Å². The number of halogens is 1. The summed E-state index contributed by atoms with van der Waals surface area (Å²) >= 11 is 0. The normalized spacial score (nSPS) is 11.0. The van der Waals surface area contributed by atoms with Gasteiger partial charge in [-0.15, -0.1) is 0 Å². The van der Waals surface area contributed by atoms with Gasteiger partial charge in [0.15, 0.2) is 11.6 Å². The molecule has 0 saturated carbocycles. The standard InChI is InChI=1S/C21H21FN6O2/c22-16-11-14(26-19-12-13(3-1-2-10-29)27-21(23)28-19)4-5-18(16)30-17-7-9-25-20-15(17)6-8-24-20/h4-9,11-12,29H,1-3,10H2,(H,24,25)(H3,23,26,27,28). The molecule has 3 heterocycles. The average Bonchev–Trinajstić information content (AvgIpc) is 3.20. The van der Waals surface area contributed by atoms with E-state index in [2.05, 4.69) is 25.3 Å². The van der Waals surface area contributed by atoms with Gasteiger partial charge in [0.25, 0.3) is 0 Å². The molecule has 0 spiro atoms. The Balaban J connectivity index is 1.50. The highest BCUT2D eigenvalue weighted by atomic mass is 19.1. The van der Waals surface area contributed by atoms with Gasteiger partial charge in [-0.1, -0.05) is 0 Å². The van der Waals surface area contributed by atoms with Crippen molar-refractivity contribution in [3.05, 3.63) is 60.3 Å². The largest absolute Gasteiger partial charge is 0.453 e. The predicted octanol–water partition coefficient (Wildman–Crippen LogP) is 3.93. The molecule has 5 N–H and O–H groups in total. The SMILES string of the molecule is Nc1nc(CCCCO)cc(Nc2ccc(Oc3ccnc4[nH]ccc34)c(F)c2)n1. The second-order valence-electron chi connectivity index (χ2n) is 6.70. The van der Waals surface area contributed by atoms with Gasteiger partial charge in [0, 0.05) is 42.5 Å². The van der Waals surface area contributed by atoms with Gasteiger partial charge in [-0.2, -0.15) is 4.98 Å². The first-order valence-corrected chi connectivity index (χ1v) is 9.53. The van der Waals surface area contributed by atoms with E-state index in [4.69, 9.17) is 15.6 Å². The number of hydrogen-bond donors (Lipinski definition) is 4. The molecule has 0 unspecified atom stereocenters. The van der Waals surface area contributed by atoms with Gasteiger partial charge in [-0.05, 0) is 43.5 Å². The van der Waals surface area contributed by atoms with E-state index in [9.17, 15) is 4.39 Å². The first-order chi connectivity index (χ1) is 14.6. The number of fused-ring (bicyclic) bond motifs is 1. The summed E-state index contributed by atoms with van der Waals surface area (Å²) in [6.07, 6.45) is 5.49. The van der Waals surface area contributed by atoms with Crippen molar-refractivity contribution in [1.82, 2.24) is 19.9 Å². The second-order valence-corrected chi connectivity index (χ2v) is 6.70. The lowest BCUT2D eigenvalue weighted by molar-refractivity contribution is 0.284. The van der Waals surface area contributed by atoms with Crippen LogP contribution in [0.4, 0.5) is 21.8 Å². The third-order valence-electron chi connectivity index (χ3n) is 4.48. The van der Waals surface area contributed by atoms with Crippen LogP contribution in [0.3, 0.4) is 0 Å². The Labute approximate surface area is 172 Å². The van der Waals surface area contributed by atoms with Gasteiger partial charge in [-0.25, -0.2) is 14.4 Å². The van der Waals surface area contributed by atoms with Crippen LogP contribution in [0.15, 0.2) is 48.8 Å². The molecule has 4 aromatic rings. The number of nitrogens with zero attached hydrogens (tertiary/aromatic N) is 3. The van der Waals surface area contributed by atoms with Crippen LogP contribution in [-0.2, 0) is 6.42 Å². The number of anilines is 3. The maximum atomic E-state index is 14.7. The fraction of sp³-hybridized carbons (Fsp3) is 0.190. The van der Waals surface area contributed by atoms with Crippen LogP contribution >= 0.6 is 0 Å². The fourth-order valence-electron chi connectivity index (χ4n) is 3.08. The smallest absolute Gasteiger partial charge is 0.222 e. The van der Waals surface area contributed by atoms with E-state index in [1.807, 2.05) is 6.07 Å². The van der Waals surface area contributed by atoms with E-state index in [0.717, 1.165) is 17.5 Å². The zero-order chi connectivity index (χ0) is 20.9. The minimum absolute atomic E-state index is 0.0983. The summed E-state index contributed by atoms with van der Waals surface area (Å²) in [5.74, 6) is 0.689. The van der Waals surface area contributed by atoms with Gasteiger partial charge in [0.2, 0.25) is 5.95 Å². The number of aromatic amines is 1. The highest BCUT2D eigenvalue weighted by Gasteiger charge is 2.11. The number of nitrogen functional groups attached to an aromatic ring is 1. The van der Waals surface area contributed by atoms with E-state index in [0.29, 0.717) is 35.7 Å². The molecule has 30 heavy (non-hydrogen) atoms. The molecule has 0 atom stereocenters. The first kappa shape index (κ1) is 19.6. The Hall–Kier alpha value is -3.72. The summed E-state index contributed by atoms with van der Waals surface area (Å²) in [6.45, 7) is 0.133. The Bertz CT molecular complexity index is 1160. The number of aromatic nitrogens is 4. The number of aliphatic hydroxyl groups excluding tert-OH is 1. The molecule has 154 valence electrons. The van der Waals surface area contributed by atoms with Gasteiger partial charge in [0.1, 0.15) is 17.2 Å². The van der Waals surface area contributed by atoms with E-state index in [1.54, 1.807) is 36.7 Å².